The fourth-order valence-corrected chi connectivity index (χ4v) is 4.35. The lowest BCUT2D eigenvalue weighted by Gasteiger charge is -2.29. The number of aryl methyl sites for hydroxylation is 2. The van der Waals surface area contributed by atoms with Gasteiger partial charge in [-0.3, -0.25) is 0 Å². The van der Waals surface area contributed by atoms with Crippen molar-refractivity contribution in [2.75, 3.05) is 0 Å². The Bertz CT molecular complexity index is 759. The first-order valence-electron chi connectivity index (χ1n) is 7.80. The molecule has 0 radical (unpaired) electrons. The Labute approximate surface area is 132 Å². The maximum Gasteiger partial charge on any atom is 0.118 e. The molecule has 1 aliphatic rings. The predicted octanol–water partition coefficient (Wildman–Crippen LogP) is 4.70. The molecule has 116 valence electrons. The highest BCUT2D eigenvalue weighted by Gasteiger charge is 2.46. The van der Waals surface area contributed by atoms with E-state index in [-0.39, 0.29) is 10.8 Å². The van der Waals surface area contributed by atoms with Crippen LogP contribution in [0.3, 0.4) is 0 Å². The molecule has 2 aromatic rings. The van der Waals surface area contributed by atoms with Gasteiger partial charge in [0.2, 0.25) is 0 Å². The van der Waals surface area contributed by atoms with Crippen molar-refractivity contribution in [2.24, 2.45) is 0 Å². The van der Waals surface area contributed by atoms with Gasteiger partial charge in [0.1, 0.15) is 11.5 Å². The molecule has 0 bridgehead atoms. The highest BCUT2D eigenvalue weighted by Crippen LogP contribution is 2.54. The molecule has 0 saturated heterocycles. The molecular weight excluding hydrogens is 272 g/mol. The normalized spacial score (nSPS) is 22.6. The zero-order chi connectivity index (χ0) is 16.3. The third-order valence-electron chi connectivity index (χ3n) is 5.23. The summed E-state index contributed by atoms with van der Waals surface area (Å²) >= 11 is 0. The second-order valence-corrected chi connectivity index (χ2v) is 7.58. The second-order valence-electron chi connectivity index (χ2n) is 7.58. The molecule has 0 aromatic heterocycles. The summed E-state index contributed by atoms with van der Waals surface area (Å²) in [5.74, 6) is 0.683. The standard InChI is InChI=1S/C20H24O2/c1-12-8-14(6-7-17(12)22)20(5)11-19(3,4)16-10-15(21)9-13(2)18(16)20/h6-10,21-22H,11H2,1-5H3. The molecule has 2 aromatic carbocycles. The van der Waals surface area contributed by atoms with E-state index in [1.54, 1.807) is 6.07 Å². The predicted molar refractivity (Wildman–Crippen MR) is 89.8 cm³/mol. The molecule has 3 rings (SSSR count). The van der Waals surface area contributed by atoms with Crippen LogP contribution < -0.4 is 0 Å². The number of benzene rings is 2. The maximum atomic E-state index is 10.00. The Hall–Kier alpha value is -1.96. The maximum absolute atomic E-state index is 10.00. The van der Waals surface area contributed by atoms with Gasteiger partial charge in [-0.1, -0.05) is 32.9 Å². The first kappa shape index (κ1) is 15.0. The van der Waals surface area contributed by atoms with E-state index in [0.29, 0.717) is 11.5 Å². The molecule has 1 unspecified atom stereocenters. The van der Waals surface area contributed by atoms with Gasteiger partial charge in [-0.25, -0.2) is 0 Å². The monoisotopic (exact) mass is 296 g/mol. The molecule has 1 atom stereocenters. The number of hydrogen-bond donors (Lipinski definition) is 2. The van der Waals surface area contributed by atoms with E-state index in [2.05, 4.69) is 33.8 Å². The number of phenols is 2. The van der Waals surface area contributed by atoms with Crippen molar-refractivity contribution < 1.29 is 10.2 Å². The largest absolute Gasteiger partial charge is 0.508 e. The van der Waals surface area contributed by atoms with Crippen LogP contribution in [0.1, 0.15) is 55.0 Å². The fraction of sp³-hybridized carbons (Fsp3) is 0.400. The number of aromatic hydroxyl groups is 2. The summed E-state index contributed by atoms with van der Waals surface area (Å²) in [7, 11) is 0. The number of fused-ring (bicyclic) bond motifs is 1. The Morgan fingerprint density at radius 1 is 0.909 bits per heavy atom. The summed E-state index contributed by atoms with van der Waals surface area (Å²) in [5.41, 5.74) is 5.73. The fourth-order valence-electron chi connectivity index (χ4n) is 4.35. The average molecular weight is 296 g/mol. The van der Waals surface area contributed by atoms with Crippen LogP contribution in [0.2, 0.25) is 0 Å². The van der Waals surface area contributed by atoms with Crippen LogP contribution in [0.5, 0.6) is 11.5 Å². The van der Waals surface area contributed by atoms with Gasteiger partial charge < -0.3 is 10.2 Å². The first-order chi connectivity index (χ1) is 10.1. The van der Waals surface area contributed by atoms with Crippen LogP contribution in [-0.2, 0) is 10.8 Å². The summed E-state index contributed by atoms with van der Waals surface area (Å²) in [5, 5.41) is 19.8. The first-order valence-corrected chi connectivity index (χ1v) is 7.80. The molecule has 0 aliphatic heterocycles. The summed E-state index contributed by atoms with van der Waals surface area (Å²) in [4.78, 5) is 0. The molecule has 0 saturated carbocycles. The van der Waals surface area contributed by atoms with Gasteiger partial charge in [-0.15, -0.1) is 0 Å². The van der Waals surface area contributed by atoms with Crippen molar-refractivity contribution in [1.82, 2.24) is 0 Å². The average Bonchev–Trinajstić information content (AvgIpc) is 2.60. The minimum Gasteiger partial charge on any atom is -0.508 e. The lowest BCUT2D eigenvalue weighted by atomic mass is 9.74. The van der Waals surface area contributed by atoms with Gasteiger partial charge >= 0.3 is 0 Å². The summed E-state index contributed by atoms with van der Waals surface area (Å²) in [6.45, 7) is 10.8. The van der Waals surface area contributed by atoms with Crippen LogP contribution in [0.4, 0.5) is 0 Å². The third-order valence-corrected chi connectivity index (χ3v) is 5.23. The minimum atomic E-state index is -0.102. The van der Waals surface area contributed by atoms with Gasteiger partial charge in [0.05, 0.1) is 0 Å². The lowest BCUT2D eigenvalue weighted by molar-refractivity contribution is 0.422. The van der Waals surface area contributed by atoms with Gasteiger partial charge in [-0.05, 0) is 71.7 Å². The Balaban J connectivity index is 2.28. The molecule has 2 nitrogen and oxygen atoms in total. The van der Waals surface area contributed by atoms with Gasteiger partial charge in [0.25, 0.3) is 0 Å². The third kappa shape index (κ3) is 2.01. The quantitative estimate of drug-likeness (QED) is 0.800. The molecule has 0 spiro atoms. The number of rotatable bonds is 1. The minimum absolute atomic E-state index is 0.0133. The topological polar surface area (TPSA) is 40.5 Å². The van der Waals surface area contributed by atoms with E-state index in [4.69, 9.17) is 0 Å². The molecular formula is C20H24O2. The molecule has 2 heteroatoms. The van der Waals surface area contributed by atoms with Crippen molar-refractivity contribution in [3.8, 4) is 11.5 Å². The molecule has 0 heterocycles. The summed E-state index contributed by atoms with van der Waals surface area (Å²) < 4.78 is 0. The molecule has 22 heavy (non-hydrogen) atoms. The van der Waals surface area contributed by atoms with Crippen molar-refractivity contribution in [3.63, 3.8) is 0 Å². The summed E-state index contributed by atoms with van der Waals surface area (Å²) in [6.07, 6.45) is 0.990. The van der Waals surface area contributed by atoms with Gasteiger partial charge in [0, 0.05) is 5.41 Å². The van der Waals surface area contributed by atoms with Crippen molar-refractivity contribution in [2.45, 2.75) is 51.9 Å². The Kier molecular flexibility index (Phi) is 3.07. The molecule has 0 amide bonds. The van der Waals surface area contributed by atoms with E-state index in [1.165, 1.54) is 16.7 Å². The van der Waals surface area contributed by atoms with E-state index >= 15 is 0 Å². The van der Waals surface area contributed by atoms with Crippen molar-refractivity contribution in [1.29, 1.82) is 0 Å². The zero-order valence-electron chi connectivity index (χ0n) is 14.0. The van der Waals surface area contributed by atoms with Gasteiger partial charge in [-0.2, -0.15) is 0 Å². The van der Waals surface area contributed by atoms with E-state index < -0.39 is 0 Å². The van der Waals surface area contributed by atoms with Crippen LogP contribution >= 0.6 is 0 Å². The SMILES string of the molecule is Cc1cc(C2(C)CC(C)(C)c3cc(O)cc(C)c32)ccc1O. The van der Waals surface area contributed by atoms with Gasteiger partial charge in [0.15, 0.2) is 0 Å². The van der Waals surface area contributed by atoms with E-state index in [9.17, 15) is 10.2 Å². The molecule has 1 aliphatic carbocycles. The van der Waals surface area contributed by atoms with Crippen LogP contribution in [0, 0.1) is 13.8 Å². The van der Waals surface area contributed by atoms with E-state index in [1.807, 2.05) is 25.1 Å². The smallest absolute Gasteiger partial charge is 0.118 e. The zero-order valence-corrected chi connectivity index (χ0v) is 14.0. The number of phenolic OH excluding ortho intramolecular Hbond substituents is 2. The Morgan fingerprint density at radius 3 is 2.23 bits per heavy atom. The number of hydrogen-bond acceptors (Lipinski definition) is 2. The van der Waals surface area contributed by atoms with Crippen molar-refractivity contribution >= 4 is 0 Å². The van der Waals surface area contributed by atoms with E-state index in [0.717, 1.165) is 17.5 Å². The highest BCUT2D eigenvalue weighted by molar-refractivity contribution is 5.58. The lowest BCUT2D eigenvalue weighted by Crippen LogP contribution is -2.24. The van der Waals surface area contributed by atoms with Crippen LogP contribution in [0.15, 0.2) is 30.3 Å². The van der Waals surface area contributed by atoms with Crippen LogP contribution in [0.25, 0.3) is 0 Å². The van der Waals surface area contributed by atoms with Crippen LogP contribution in [-0.4, -0.2) is 10.2 Å². The Morgan fingerprint density at radius 2 is 1.59 bits per heavy atom. The van der Waals surface area contributed by atoms with Crippen molar-refractivity contribution in [3.05, 3.63) is 58.1 Å². The molecule has 0 fully saturated rings. The second kappa shape index (κ2) is 4.52. The summed E-state index contributed by atoms with van der Waals surface area (Å²) in [6, 6.07) is 9.68. The highest BCUT2D eigenvalue weighted by atomic mass is 16.3. The molecule has 2 N–H and O–H groups in total.